The second-order valence-corrected chi connectivity index (χ2v) is 4.27. The lowest BCUT2D eigenvalue weighted by atomic mass is 9.99. The summed E-state index contributed by atoms with van der Waals surface area (Å²) < 4.78 is 9.36. The highest BCUT2D eigenvalue weighted by Crippen LogP contribution is 2.22. The molecular weight excluding hydrogens is 170 g/mol. The van der Waals surface area contributed by atoms with Gasteiger partial charge in [-0.3, -0.25) is 4.90 Å². The van der Waals surface area contributed by atoms with Crippen molar-refractivity contribution in [3.8, 4) is 0 Å². The van der Waals surface area contributed by atoms with Crippen molar-refractivity contribution in [2.24, 2.45) is 0 Å². The van der Waals surface area contributed by atoms with E-state index in [9.17, 15) is 4.79 Å². The molecule has 0 aromatic heterocycles. The normalized spacial score (nSPS) is 19.4. The number of ether oxygens (including phenoxy) is 2. The van der Waals surface area contributed by atoms with E-state index in [-0.39, 0.29) is 11.6 Å². The van der Waals surface area contributed by atoms with Crippen LogP contribution in [0, 0.1) is 0 Å². The van der Waals surface area contributed by atoms with Crippen molar-refractivity contribution in [1.29, 1.82) is 0 Å². The molecule has 4 nitrogen and oxygen atoms in total. The summed E-state index contributed by atoms with van der Waals surface area (Å²) in [6.07, 6.45) is -0.578. The van der Waals surface area contributed by atoms with E-state index in [1.165, 1.54) is 7.11 Å². The van der Waals surface area contributed by atoms with E-state index in [0.29, 0.717) is 0 Å². The average molecular weight is 187 g/mol. The van der Waals surface area contributed by atoms with Crippen molar-refractivity contribution in [2.75, 3.05) is 20.2 Å². The summed E-state index contributed by atoms with van der Waals surface area (Å²) in [5.41, 5.74) is 0.163. The summed E-state index contributed by atoms with van der Waals surface area (Å²) in [5.74, 6) is 0. The number of hydrogen-bond donors (Lipinski definition) is 0. The van der Waals surface area contributed by atoms with Gasteiger partial charge in [-0.05, 0) is 20.8 Å². The first-order chi connectivity index (χ1) is 5.93. The molecule has 0 aliphatic carbocycles. The molecule has 1 aliphatic rings. The fraction of sp³-hybridized carbons (Fsp3) is 0.889. The quantitative estimate of drug-likeness (QED) is 0.579. The highest BCUT2D eigenvalue weighted by Gasteiger charge is 2.36. The minimum Gasteiger partial charge on any atom is -0.438 e. The predicted octanol–water partition coefficient (Wildman–Crippen LogP) is 1.25. The Hall–Kier alpha value is -0.770. The second kappa shape index (κ2) is 3.54. The van der Waals surface area contributed by atoms with Crippen LogP contribution in [0.2, 0.25) is 0 Å². The van der Waals surface area contributed by atoms with Crippen molar-refractivity contribution >= 4 is 6.16 Å². The van der Waals surface area contributed by atoms with Gasteiger partial charge in [-0.1, -0.05) is 0 Å². The summed E-state index contributed by atoms with van der Waals surface area (Å²) >= 11 is 0. The van der Waals surface area contributed by atoms with Crippen LogP contribution in [-0.4, -0.2) is 42.9 Å². The fourth-order valence-electron chi connectivity index (χ4n) is 1.24. The van der Waals surface area contributed by atoms with E-state index < -0.39 is 6.16 Å². The molecule has 0 saturated carbocycles. The molecule has 0 aromatic carbocycles. The van der Waals surface area contributed by atoms with Crippen molar-refractivity contribution in [3.05, 3.63) is 0 Å². The molecule has 1 saturated heterocycles. The summed E-state index contributed by atoms with van der Waals surface area (Å²) in [7, 11) is 1.32. The Kier molecular flexibility index (Phi) is 2.81. The van der Waals surface area contributed by atoms with Gasteiger partial charge in [-0.25, -0.2) is 4.79 Å². The van der Waals surface area contributed by atoms with Crippen LogP contribution in [0.4, 0.5) is 4.79 Å². The summed E-state index contributed by atoms with van der Waals surface area (Å²) in [6, 6.07) is 0. The lowest BCUT2D eigenvalue weighted by molar-refractivity contribution is -0.0724. The first-order valence-electron chi connectivity index (χ1n) is 4.43. The van der Waals surface area contributed by atoms with Crippen LogP contribution in [0.5, 0.6) is 0 Å². The van der Waals surface area contributed by atoms with Crippen LogP contribution in [-0.2, 0) is 9.47 Å². The van der Waals surface area contributed by atoms with Gasteiger partial charge in [0.1, 0.15) is 6.10 Å². The maximum absolute atomic E-state index is 10.7. The lowest BCUT2D eigenvalue weighted by Crippen LogP contribution is -2.60. The first kappa shape index (κ1) is 10.3. The zero-order valence-corrected chi connectivity index (χ0v) is 8.66. The van der Waals surface area contributed by atoms with Crippen LogP contribution in [0.1, 0.15) is 20.8 Å². The van der Waals surface area contributed by atoms with Crippen molar-refractivity contribution in [1.82, 2.24) is 4.90 Å². The highest BCUT2D eigenvalue weighted by atomic mass is 16.7. The molecule has 1 heterocycles. The van der Waals surface area contributed by atoms with Gasteiger partial charge < -0.3 is 9.47 Å². The first-order valence-corrected chi connectivity index (χ1v) is 4.43. The minimum atomic E-state index is -0.585. The summed E-state index contributed by atoms with van der Waals surface area (Å²) in [6.45, 7) is 8.03. The van der Waals surface area contributed by atoms with E-state index in [0.717, 1.165) is 13.1 Å². The van der Waals surface area contributed by atoms with Gasteiger partial charge in [-0.2, -0.15) is 0 Å². The molecule has 0 atom stereocenters. The number of carbonyl (C=O) groups is 1. The van der Waals surface area contributed by atoms with E-state index in [1.54, 1.807) is 0 Å². The van der Waals surface area contributed by atoms with Gasteiger partial charge in [-0.15, -0.1) is 0 Å². The van der Waals surface area contributed by atoms with Crippen LogP contribution >= 0.6 is 0 Å². The van der Waals surface area contributed by atoms with Crippen molar-refractivity contribution in [3.63, 3.8) is 0 Å². The molecule has 0 N–H and O–H groups in total. The third kappa shape index (κ3) is 2.59. The molecule has 0 spiro atoms. The molecule has 0 unspecified atom stereocenters. The summed E-state index contributed by atoms with van der Waals surface area (Å²) in [5, 5.41) is 0. The molecule has 1 aliphatic heterocycles. The third-order valence-electron chi connectivity index (χ3n) is 2.23. The molecule has 0 aromatic rings. The molecule has 76 valence electrons. The monoisotopic (exact) mass is 187 g/mol. The van der Waals surface area contributed by atoms with Gasteiger partial charge in [0.15, 0.2) is 0 Å². The Morgan fingerprint density at radius 1 is 1.38 bits per heavy atom. The van der Waals surface area contributed by atoms with Gasteiger partial charge in [0.05, 0.1) is 7.11 Å². The number of methoxy groups -OCH3 is 1. The largest absolute Gasteiger partial charge is 0.508 e. The smallest absolute Gasteiger partial charge is 0.438 e. The van der Waals surface area contributed by atoms with Crippen molar-refractivity contribution in [2.45, 2.75) is 32.4 Å². The van der Waals surface area contributed by atoms with E-state index in [1.807, 2.05) is 0 Å². The Bertz CT molecular complexity index is 192. The summed E-state index contributed by atoms with van der Waals surface area (Å²) in [4.78, 5) is 13.0. The van der Waals surface area contributed by atoms with Gasteiger partial charge in [0.2, 0.25) is 0 Å². The van der Waals surface area contributed by atoms with Gasteiger partial charge in [0.25, 0.3) is 0 Å². The number of hydrogen-bond acceptors (Lipinski definition) is 4. The standard InChI is InChI=1S/C9H17NO3/c1-9(2,3)10-5-7(6-10)13-8(11)12-4/h7H,5-6H2,1-4H3. The predicted molar refractivity (Wildman–Crippen MR) is 48.6 cm³/mol. The zero-order chi connectivity index (χ0) is 10.1. The average Bonchev–Trinajstić information content (AvgIpc) is 1.92. The molecule has 4 heteroatoms. The maximum atomic E-state index is 10.7. The van der Waals surface area contributed by atoms with E-state index in [4.69, 9.17) is 4.74 Å². The Labute approximate surface area is 78.8 Å². The van der Waals surface area contributed by atoms with E-state index >= 15 is 0 Å². The Morgan fingerprint density at radius 2 is 1.92 bits per heavy atom. The molecule has 1 rings (SSSR count). The van der Waals surface area contributed by atoms with Crippen LogP contribution in [0.25, 0.3) is 0 Å². The van der Waals surface area contributed by atoms with Crippen LogP contribution < -0.4 is 0 Å². The van der Waals surface area contributed by atoms with Gasteiger partial charge >= 0.3 is 6.16 Å². The topological polar surface area (TPSA) is 38.8 Å². The van der Waals surface area contributed by atoms with Gasteiger partial charge in [0, 0.05) is 18.6 Å². The number of rotatable bonds is 1. The zero-order valence-electron chi connectivity index (χ0n) is 8.66. The van der Waals surface area contributed by atoms with E-state index in [2.05, 4.69) is 30.4 Å². The Morgan fingerprint density at radius 3 is 2.31 bits per heavy atom. The minimum absolute atomic E-state index is 0.00618. The maximum Gasteiger partial charge on any atom is 0.508 e. The third-order valence-corrected chi connectivity index (χ3v) is 2.23. The van der Waals surface area contributed by atoms with Crippen molar-refractivity contribution < 1.29 is 14.3 Å². The second-order valence-electron chi connectivity index (χ2n) is 4.27. The molecule has 13 heavy (non-hydrogen) atoms. The molecular formula is C9H17NO3. The molecule has 0 amide bonds. The highest BCUT2D eigenvalue weighted by molar-refractivity contribution is 5.60. The molecule has 1 fully saturated rings. The molecule has 0 bridgehead atoms. The SMILES string of the molecule is COC(=O)OC1CN(C(C)(C)C)C1. The molecule has 0 radical (unpaired) electrons. The van der Waals surface area contributed by atoms with Crippen LogP contribution in [0.3, 0.4) is 0 Å². The fourth-order valence-corrected chi connectivity index (χ4v) is 1.24. The number of likely N-dealkylation sites (tertiary alicyclic amines) is 1. The van der Waals surface area contributed by atoms with Crippen LogP contribution in [0.15, 0.2) is 0 Å². The number of carbonyl (C=O) groups excluding carboxylic acids is 1. The number of nitrogens with zero attached hydrogens (tertiary/aromatic N) is 1. The Balaban J connectivity index is 2.22. The lowest BCUT2D eigenvalue weighted by Gasteiger charge is -2.46.